The Hall–Kier alpha value is -3.06. The summed E-state index contributed by atoms with van der Waals surface area (Å²) in [5, 5.41) is 12.6. The van der Waals surface area contributed by atoms with Crippen molar-refractivity contribution in [3.8, 4) is 6.07 Å². The Bertz CT molecular complexity index is 976. The van der Waals surface area contributed by atoms with E-state index in [1.54, 1.807) is 6.26 Å². The quantitative estimate of drug-likeness (QED) is 0.698. The van der Waals surface area contributed by atoms with E-state index in [0.717, 1.165) is 27.8 Å². The van der Waals surface area contributed by atoms with Gasteiger partial charge in [0, 0.05) is 16.6 Å². The Balaban J connectivity index is 1.77. The van der Waals surface area contributed by atoms with Crippen LogP contribution < -0.4 is 5.32 Å². The topological polar surface area (TPSA) is 66.0 Å². The highest BCUT2D eigenvalue weighted by atomic mass is 16.3. The number of amides is 1. The highest BCUT2D eigenvalue weighted by molar-refractivity contribution is 5.95. The number of hydrogen-bond donors (Lipinski definition) is 1. The fourth-order valence-corrected chi connectivity index (χ4v) is 3.18. The number of nitrogens with one attached hydrogen (secondary N) is 1. The Morgan fingerprint density at radius 2 is 1.96 bits per heavy atom. The molecule has 1 aromatic heterocycles. The maximum atomic E-state index is 12.4. The normalized spacial score (nSPS) is 10.9. The second-order valence-electron chi connectivity index (χ2n) is 6.88. The Kier molecular flexibility index (Phi) is 5.09. The highest BCUT2D eigenvalue weighted by Gasteiger charge is 2.14. The van der Waals surface area contributed by atoms with Gasteiger partial charge in [-0.05, 0) is 53.8 Å². The number of nitriles is 1. The lowest BCUT2D eigenvalue weighted by atomic mass is 9.95. The molecule has 1 heterocycles. The summed E-state index contributed by atoms with van der Waals surface area (Å²) in [5.74, 6) is 0.329. The zero-order chi connectivity index (χ0) is 18.7. The van der Waals surface area contributed by atoms with Crippen molar-refractivity contribution >= 4 is 22.6 Å². The maximum Gasteiger partial charge on any atom is 0.228 e. The van der Waals surface area contributed by atoms with Gasteiger partial charge in [0.25, 0.3) is 0 Å². The monoisotopic (exact) mass is 346 g/mol. The minimum absolute atomic E-state index is 0.0904. The van der Waals surface area contributed by atoms with Crippen LogP contribution in [-0.2, 0) is 17.6 Å². The van der Waals surface area contributed by atoms with Gasteiger partial charge in [-0.15, -0.1) is 0 Å². The van der Waals surface area contributed by atoms with E-state index in [9.17, 15) is 4.79 Å². The molecule has 0 unspecified atom stereocenters. The molecule has 0 radical (unpaired) electrons. The van der Waals surface area contributed by atoms with E-state index in [0.29, 0.717) is 12.3 Å². The first-order valence-corrected chi connectivity index (χ1v) is 8.74. The number of anilines is 1. The van der Waals surface area contributed by atoms with Crippen molar-refractivity contribution in [3.63, 3.8) is 0 Å². The molecule has 3 rings (SSSR count). The van der Waals surface area contributed by atoms with Crippen molar-refractivity contribution in [2.24, 2.45) is 0 Å². The predicted molar refractivity (Wildman–Crippen MR) is 103 cm³/mol. The molecule has 0 bridgehead atoms. The number of aryl methyl sites for hydroxylation is 1. The third-order valence-corrected chi connectivity index (χ3v) is 4.54. The van der Waals surface area contributed by atoms with Crippen LogP contribution in [0.1, 0.15) is 42.0 Å². The van der Waals surface area contributed by atoms with Crippen LogP contribution in [0.25, 0.3) is 11.0 Å². The summed E-state index contributed by atoms with van der Waals surface area (Å²) >= 11 is 0. The molecule has 1 N–H and O–H groups in total. The number of carbonyl (C=O) groups is 1. The molecule has 0 spiro atoms. The number of rotatable bonds is 5. The molecule has 0 saturated heterocycles. The molecule has 0 aliphatic carbocycles. The first-order valence-electron chi connectivity index (χ1n) is 8.74. The van der Waals surface area contributed by atoms with Crippen LogP contribution in [0.2, 0.25) is 0 Å². The minimum Gasteiger partial charge on any atom is -0.464 e. The summed E-state index contributed by atoms with van der Waals surface area (Å²) in [7, 11) is 0. The van der Waals surface area contributed by atoms with Crippen LogP contribution in [0.5, 0.6) is 0 Å². The van der Waals surface area contributed by atoms with E-state index < -0.39 is 0 Å². The van der Waals surface area contributed by atoms with Crippen molar-refractivity contribution < 1.29 is 9.21 Å². The number of fused-ring (bicyclic) bond motifs is 1. The van der Waals surface area contributed by atoms with E-state index >= 15 is 0 Å². The number of hydrogen-bond acceptors (Lipinski definition) is 3. The lowest BCUT2D eigenvalue weighted by molar-refractivity contribution is -0.115. The number of furan rings is 1. The van der Waals surface area contributed by atoms with Gasteiger partial charge in [-0.2, -0.15) is 5.26 Å². The number of carbonyl (C=O) groups excluding carboxylic acids is 1. The highest BCUT2D eigenvalue weighted by Crippen LogP contribution is 2.29. The van der Waals surface area contributed by atoms with Gasteiger partial charge >= 0.3 is 0 Å². The Morgan fingerprint density at radius 3 is 2.62 bits per heavy atom. The van der Waals surface area contributed by atoms with Crippen LogP contribution in [-0.4, -0.2) is 5.91 Å². The molecule has 0 atom stereocenters. The van der Waals surface area contributed by atoms with Crippen LogP contribution in [0.3, 0.4) is 0 Å². The molecule has 1 amide bonds. The molecule has 0 fully saturated rings. The smallest absolute Gasteiger partial charge is 0.228 e. The Morgan fingerprint density at radius 1 is 1.23 bits per heavy atom. The van der Waals surface area contributed by atoms with E-state index in [-0.39, 0.29) is 12.3 Å². The molecule has 4 heteroatoms. The van der Waals surface area contributed by atoms with Crippen LogP contribution in [0.15, 0.2) is 47.1 Å². The SMILES string of the molecule is Cc1cc2occ(CC(=O)Nc3ccc(CC#N)cc3)c2cc1C(C)C. The third-order valence-electron chi connectivity index (χ3n) is 4.54. The average molecular weight is 346 g/mol. The molecule has 0 aliphatic heterocycles. The van der Waals surface area contributed by atoms with Gasteiger partial charge in [0.2, 0.25) is 5.91 Å². The molecule has 132 valence electrons. The molecule has 0 aliphatic rings. The predicted octanol–water partition coefficient (Wildman–Crippen LogP) is 5.11. The number of benzene rings is 2. The molecule has 2 aromatic carbocycles. The van der Waals surface area contributed by atoms with E-state index in [2.05, 4.69) is 38.2 Å². The van der Waals surface area contributed by atoms with Crippen molar-refractivity contribution in [1.29, 1.82) is 5.26 Å². The summed E-state index contributed by atoms with van der Waals surface area (Å²) in [6.45, 7) is 6.41. The van der Waals surface area contributed by atoms with Crippen LogP contribution >= 0.6 is 0 Å². The van der Waals surface area contributed by atoms with Crippen molar-refractivity contribution in [3.05, 3.63) is 64.9 Å². The molecule has 26 heavy (non-hydrogen) atoms. The first-order chi connectivity index (χ1) is 12.5. The summed E-state index contributed by atoms with van der Waals surface area (Å²) in [6, 6.07) is 13.6. The lowest BCUT2D eigenvalue weighted by Crippen LogP contribution is -2.14. The Labute approximate surface area is 153 Å². The van der Waals surface area contributed by atoms with Gasteiger partial charge < -0.3 is 9.73 Å². The van der Waals surface area contributed by atoms with Gasteiger partial charge in [0.15, 0.2) is 0 Å². The van der Waals surface area contributed by atoms with Gasteiger partial charge in [-0.1, -0.05) is 26.0 Å². The summed E-state index contributed by atoms with van der Waals surface area (Å²) < 4.78 is 5.65. The maximum absolute atomic E-state index is 12.4. The third kappa shape index (κ3) is 3.78. The number of nitrogens with zero attached hydrogens (tertiary/aromatic N) is 1. The van der Waals surface area contributed by atoms with Crippen molar-refractivity contribution in [2.45, 2.75) is 39.5 Å². The van der Waals surface area contributed by atoms with Gasteiger partial charge in [0.05, 0.1) is 25.2 Å². The average Bonchev–Trinajstić information content (AvgIpc) is 2.97. The summed E-state index contributed by atoms with van der Waals surface area (Å²) in [4.78, 5) is 12.4. The van der Waals surface area contributed by atoms with Crippen LogP contribution in [0.4, 0.5) is 5.69 Å². The van der Waals surface area contributed by atoms with Crippen molar-refractivity contribution in [1.82, 2.24) is 0 Å². The summed E-state index contributed by atoms with van der Waals surface area (Å²) in [6.07, 6.45) is 2.30. The van der Waals surface area contributed by atoms with Gasteiger partial charge in [-0.25, -0.2) is 0 Å². The van der Waals surface area contributed by atoms with Gasteiger partial charge in [-0.3, -0.25) is 4.79 Å². The summed E-state index contributed by atoms with van der Waals surface area (Å²) in [5.41, 5.74) is 5.84. The first kappa shape index (κ1) is 17.8. The molecule has 0 saturated carbocycles. The van der Waals surface area contributed by atoms with Crippen molar-refractivity contribution in [2.75, 3.05) is 5.32 Å². The second-order valence-corrected chi connectivity index (χ2v) is 6.88. The second kappa shape index (κ2) is 7.45. The lowest BCUT2D eigenvalue weighted by Gasteiger charge is -2.10. The molecular weight excluding hydrogens is 324 g/mol. The molecule has 4 nitrogen and oxygen atoms in total. The zero-order valence-electron chi connectivity index (χ0n) is 15.3. The molecule has 3 aromatic rings. The van der Waals surface area contributed by atoms with E-state index in [1.807, 2.05) is 30.3 Å². The minimum atomic E-state index is -0.0904. The fourth-order valence-electron chi connectivity index (χ4n) is 3.18. The van der Waals surface area contributed by atoms with E-state index in [4.69, 9.17) is 9.68 Å². The molecular formula is C22H22N2O2. The largest absolute Gasteiger partial charge is 0.464 e. The van der Waals surface area contributed by atoms with E-state index in [1.165, 1.54) is 11.1 Å². The fraction of sp³-hybridized carbons (Fsp3) is 0.273. The van der Waals surface area contributed by atoms with Gasteiger partial charge in [0.1, 0.15) is 5.58 Å². The standard InChI is InChI=1S/C22H22N2O2/c1-14(2)19-12-20-17(13-26-21(20)10-15(19)3)11-22(25)24-18-6-4-16(5-7-18)8-9-23/h4-7,10,12-14H,8,11H2,1-3H3,(H,24,25). The van der Waals surface area contributed by atoms with Crippen LogP contribution in [0, 0.1) is 18.3 Å². The zero-order valence-corrected chi connectivity index (χ0v) is 15.3.